The molecule has 0 heterocycles. The number of benzene rings is 2. The van der Waals surface area contributed by atoms with Crippen LogP contribution in [0.25, 0.3) is 0 Å². The van der Waals surface area contributed by atoms with Crippen molar-refractivity contribution in [2.75, 3.05) is 12.4 Å². The van der Waals surface area contributed by atoms with Gasteiger partial charge in [-0.3, -0.25) is 0 Å². The first-order chi connectivity index (χ1) is 10.2. The molecule has 0 aliphatic rings. The van der Waals surface area contributed by atoms with E-state index in [-0.39, 0.29) is 6.10 Å². The van der Waals surface area contributed by atoms with Gasteiger partial charge in [0.1, 0.15) is 5.75 Å². The molecule has 0 spiro atoms. The Morgan fingerprint density at radius 3 is 2.33 bits per heavy atom. The first kappa shape index (κ1) is 15.4. The Morgan fingerprint density at radius 1 is 0.952 bits per heavy atom. The Labute approximate surface area is 126 Å². The summed E-state index contributed by atoms with van der Waals surface area (Å²) < 4.78 is 11.1. The van der Waals surface area contributed by atoms with E-state index in [4.69, 9.17) is 9.47 Å². The molecule has 3 nitrogen and oxygen atoms in total. The summed E-state index contributed by atoms with van der Waals surface area (Å²) in [5, 5.41) is 3.45. The predicted molar refractivity (Wildman–Crippen MR) is 86.7 cm³/mol. The van der Waals surface area contributed by atoms with Gasteiger partial charge in [0.05, 0.1) is 18.4 Å². The molecule has 0 fully saturated rings. The fraction of sp³-hybridized carbons (Fsp3) is 0.333. The number of rotatable bonds is 7. The van der Waals surface area contributed by atoms with Crippen molar-refractivity contribution < 1.29 is 9.47 Å². The molecule has 1 N–H and O–H groups in total. The molecule has 2 aromatic carbocycles. The quantitative estimate of drug-likeness (QED) is 0.825. The van der Waals surface area contributed by atoms with E-state index in [1.807, 2.05) is 50.2 Å². The average molecular weight is 285 g/mol. The van der Waals surface area contributed by atoms with E-state index in [1.54, 1.807) is 7.11 Å². The summed E-state index contributed by atoms with van der Waals surface area (Å²) >= 11 is 0. The van der Waals surface area contributed by atoms with Crippen molar-refractivity contribution >= 4 is 5.69 Å². The molecular formula is C18H23NO2. The SMILES string of the molecule is COCc1ccccc1CNc1ccccc1OC(C)C. The highest BCUT2D eigenvalue weighted by molar-refractivity contribution is 5.56. The van der Waals surface area contributed by atoms with Crippen LogP contribution >= 0.6 is 0 Å². The van der Waals surface area contributed by atoms with Crippen molar-refractivity contribution in [2.24, 2.45) is 0 Å². The summed E-state index contributed by atoms with van der Waals surface area (Å²) in [6.45, 7) is 5.44. The molecule has 21 heavy (non-hydrogen) atoms. The standard InChI is InChI=1S/C18H23NO2/c1-14(2)21-18-11-7-6-10-17(18)19-12-15-8-4-5-9-16(15)13-20-3/h4-11,14,19H,12-13H2,1-3H3. The lowest BCUT2D eigenvalue weighted by Crippen LogP contribution is -2.09. The van der Waals surface area contributed by atoms with Crippen molar-refractivity contribution in [1.29, 1.82) is 0 Å². The van der Waals surface area contributed by atoms with Crippen molar-refractivity contribution in [1.82, 2.24) is 0 Å². The van der Waals surface area contributed by atoms with Crippen LogP contribution in [0.4, 0.5) is 5.69 Å². The molecule has 0 amide bonds. The zero-order valence-corrected chi connectivity index (χ0v) is 12.9. The number of methoxy groups -OCH3 is 1. The molecule has 0 saturated heterocycles. The van der Waals surface area contributed by atoms with Crippen LogP contribution in [0, 0.1) is 0 Å². The van der Waals surface area contributed by atoms with Crippen molar-refractivity contribution in [2.45, 2.75) is 33.1 Å². The molecule has 3 heteroatoms. The van der Waals surface area contributed by atoms with Crippen LogP contribution in [0.5, 0.6) is 5.75 Å². The van der Waals surface area contributed by atoms with E-state index in [1.165, 1.54) is 11.1 Å². The molecule has 0 radical (unpaired) electrons. The zero-order valence-electron chi connectivity index (χ0n) is 12.9. The summed E-state index contributed by atoms with van der Waals surface area (Å²) in [6, 6.07) is 16.3. The van der Waals surface area contributed by atoms with E-state index in [0.717, 1.165) is 18.0 Å². The van der Waals surface area contributed by atoms with Gasteiger partial charge in [0.2, 0.25) is 0 Å². The fourth-order valence-electron chi connectivity index (χ4n) is 2.19. The summed E-state index contributed by atoms with van der Waals surface area (Å²) in [7, 11) is 1.72. The van der Waals surface area contributed by atoms with Gasteiger partial charge in [-0.1, -0.05) is 36.4 Å². The topological polar surface area (TPSA) is 30.5 Å². The van der Waals surface area contributed by atoms with Crippen LogP contribution < -0.4 is 10.1 Å². The number of para-hydroxylation sites is 2. The lowest BCUT2D eigenvalue weighted by Gasteiger charge is -2.16. The predicted octanol–water partition coefficient (Wildman–Crippen LogP) is 4.23. The summed E-state index contributed by atoms with van der Waals surface area (Å²) in [6.07, 6.45) is 0.161. The second-order valence-corrected chi connectivity index (χ2v) is 5.22. The van der Waals surface area contributed by atoms with E-state index in [9.17, 15) is 0 Å². The van der Waals surface area contributed by atoms with Gasteiger partial charge >= 0.3 is 0 Å². The lowest BCUT2D eigenvalue weighted by atomic mass is 10.1. The van der Waals surface area contributed by atoms with Gasteiger partial charge < -0.3 is 14.8 Å². The third kappa shape index (κ3) is 4.50. The van der Waals surface area contributed by atoms with Crippen LogP contribution in [-0.2, 0) is 17.9 Å². The third-order valence-electron chi connectivity index (χ3n) is 3.14. The molecule has 0 aromatic heterocycles. The van der Waals surface area contributed by atoms with Gasteiger partial charge in [-0.25, -0.2) is 0 Å². The average Bonchev–Trinajstić information content (AvgIpc) is 2.47. The van der Waals surface area contributed by atoms with E-state index in [2.05, 4.69) is 17.4 Å². The maximum atomic E-state index is 5.82. The number of hydrogen-bond donors (Lipinski definition) is 1. The number of ether oxygens (including phenoxy) is 2. The Hall–Kier alpha value is -2.00. The Kier molecular flexibility index (Phi) is 5.64. The molecule has 0 bridgehead atoms. The third-order valence-corrected chi connectivity index (χ3v) is 3.14. The van der Waals surface area contributed by atoms with Gasteiger partial charge in [0.25, 0.3) is 0 Å². The Bertz CT molecular complexity index is 567. The van der Waals surface area contributed by atoms with Crippen LogP contribution in [0.1, 0.15) is 25.0 Å². The van der Waals surface area contributed by atoms with Gasteiger partial charge in [0, 0.05) is 13.7 Å². The van der Waals surface area contributed by atoms with E-state index >= 15 is 0 Å². The zero-order chi connectivity index (χ0) is 15.1. The minimum absolute atomic E-state index is 0.161. The number of anilines is 1. The normalized spacial score (nSPS) is 10.7. The molecule has 2 rings (SSSR count). The first-order valence-electron chi connectivity index (χ1n) is 7.26. The highest BCUT2D eigenvalue weighted by Gasteiger charge is 2.06. The van der Waals surface area contributed by atoms with Crippen LogP contribution in [0.15, 0.2) is 48.5 Å². The molecular weight excluding hydrogens is 262 g/mol. The number of hydrogen-bond acceptors (Lipinski definition) is 3. The van der Waals surface area contributed by atoms with Crippen molar-refractivity contribution in [3.05, 3.63) is 59.7 Å². The molecule has 112 valence electrons. The Balaban J connectivity index is 2.10. The number of nitrogens with one attached hydrogen (secondary N) is 1. The highest BCUT2D eigenvalue weighted by atomic mass is 16.5. The van der Waals surface area contributed by atoms with Gasteiger partial charge in [-0.05, 0) is 37.1 Å². The van der Waals surface area contributed by atoms with E-state index < -0.39 is 0 Å². The highest BCUT2D eigenvalue weighted by Crippen LogP contribution is 2.25. The second-order valence-electron chi connectivity index (χ2n) is 5.22. The summed E-state index contributed by atoms with van der Waals surface area (Å²) in [5.41, 5.74) is 3.45. The molecule has 0 atom stereocenters. The monoisotopic (exact) mass is 285 g/mol. The minimum Gasteiger partial charge on any atom is -0.489 e. The van der Waals surface area contributed by atoms with Gasteiger partial charge in [-0.15, -0.1) is 0 Å². The molecule has 2 aromatic rings. The molecule has 0 aliphatic carbocycles. The smallest absolute Gasteiger partial charge is 0.142 e. The maximum absolute atomic E-state index is 5.82. The van der Waals surface area contributed by atoms with Crippen LogP contribution in [0.3, 0.4) is 0 Å². The maximum Gasteiger partial charge on any atom is 0.142 e. The second kappa shape index (κ2) is 7.70. The Morgan fingerprint density at radius 2 is 1.62 bits per heavy atom. The molecule has 0 aliphatic heterocycles. The van der Waals surface area contributed by atoms with Gasteiger partial charge in [-0.2, -0.15) is 0 Å². The van der Waals surface area contributed by atoms with Crippen LogP contribution in [-0.4, -0.2) is 13.2 Å². The van der Waals surface area contributed by atoms with Gasteiger partial charge in [0.15, 0.2) is 0 Å². The van der Waals surface area contributed by atoms with E-state index in [0.29, 0.717) is 6.61 Å². The summed E-state index contributed by atoms with van der Waals surface area (Å²) in [5.74, 6) is 0.886. The van der Waals surface area contributed by atoms with Crippen molar-refractivity contribution in [3.8, 4) is 5.75 Å². The fourth-order valence-corrected chi connectivity index (χ4v) is 2.19. The first-order valence-corrected chi connectivity index (χ1v) is 7.26. The van der Waals surface area contributed by atoms with Crippen LogP contribution in [0.2, 0.25) is 0 Å². The van der Waals surface area contributed by atoms with Crippen molar-refractivity contribution in [3.63, 3.8) is 0 Å². The molecule has 0 unspecified atom stereocenters. The lowest BCUT2D eigenvalue weighted by molar-refractivity contribution is 0.184. The summed E-state index contributed by atoms with van der Waals surface area (Å²) in [4.78, 5) is 0. The largest absolute Gasteiger partial charge is 0.489 e. The minimum atomic E-state index is 0.161. The molecule has 0 saturated carbocycles.